The third-order valence-electron chi connectivity index (χ3n) is 3.72. The molecule has 3 aromatic rings. The fraction of sp³-hybridized carbons (Fsp3) is 0.167. The highest BCUT2D eigenvalue weighted by molar-refractivity contribution is 5.88. The number of hydrogen-bond donors (Lipinski definition) is 1. The van der Waals surface area contributed by atoms with Gasteiger partial charge in [0.25, 0.3) is 0 Å². The predicted molar refractivity (Wildman–Crippen MR) is 89.2 cm³/mol. The van der Waals surface area contributed by atoms with Crippen LogP contribution in [0.25, 0.3) is 22.3 Å². The molecule has 0 amide bonds. The highest BCUT2D eigenvalue weighted by atomic mass is 16.5. The van der Waals surface area contributed by atoms with Crippen molar-refractivity contribution >= 4 is 11.0 Å². The highest BCUT2D eigenvalue weighted by Gasteiger charge is 2.19. The van der Waals surface area contributed by atoms with Crippen LogP contribution in [-0.4, -0.2) is 26.4 Å². The van der Waals surface area contributed by atoms with Crippen LogP contribution in [0, 0.1) is 0 Å². The lowest BCUT2D eigenvalue weighted by atomic mass is 10.1. The number of benzene rings is 2. The number of ether oxygens (including phenoxy) is 3. The Hall–Kier alpha value is -3.15. The standard InChI is InChI=1S/C18H16O6/c1-21-11-6-4-10(5-7-11)18-17(20)16(19)15-13(23-3)8-12(22-2)9-14(15)24-18/h4-9,20H,1-3H3. The van der Waals surface area contributed by atoms with Gasteiger partial charge in [-0.05, 0) is 24.3 Å². The maximum atomic E-state index is 12.6. The minimum absolute atomic E-state index is 0.0745. The van der Waals surface area contributed by atoms with Crippen molar-refractivity contribution in [1.29, 1.82) is 0 Å². The second-order valence-electron chi connectivity index (χ2n) is 5.04. The zero-order chi connectivity index (χ0) is 17.3. The van der Waals surface area contributed by atoms with Crippen molar-refractivity contribution in [3.63, 3.8) is 0 Å². The van der Waals surface area contributed by atoms with Gasteiger partial charge in [0.05, 0.1) is 21.3 Å². The summed E-state index contributed by atoms with van der Waals surface area (Å²) in [6.45, 7) is 0. The molecule has 24 heavy (non-hydrogen) atoms. The summed E-state index contributed by atoms with van der Waals surface area (Å²) >= 11 is 0. The van der Waals surface area contributed by atoms with E-state index in [4.69, 9.17) is 18.6 Å². The molecular weight excluding hydrogens is 312 g/mol. The summed E-state index contributed by atoms with van der Waals surface area (Å²) in [6, 6.07) is 9.95. The number of methoxy groups -OCH3 is 3. The van der Waals surface area contributed by atoms with Crippen LogP contribution in [0.2, 0.25) is 0 Å². The zero-order valence-electron chi connectivity index (χ0n) is 13.5. The summed E-state index contributed by atoms with van der Waals surface area (Å²) in [5.41, 5.74) is 0.246. The molecule has 1 aromatic heterocycles. The molecular formula is C18H16O6. The average molecular weight is 328 g/mol. The minimum atomic E-state index is -0.568. The molecule has 6 heteroatoms. The van der Waals surface area contributed by atoms with Crippen LogP contribution < -0.4 is 19.6 Å². The summed E-state index contributed by atoms with van der Waals surface area (Å²) in [5, 5.41) is 10.5. The van der Waals surface area contributed by atoms with Crippen LogP contribution in [0.15, 0.2) is 45.6 Å². The van der Waals surface area contributed by atoms with Crippen LogP contribution in [0.1, 0.15) is 0 Å². The first kappa shape index (κ1) is 15.7. The molecule has 0 saturated heterocycles. The van der Waals surface area contributed by atoms with Crippen LogP contribution in [0.4, 0.5) is 0 Å². The lowest BCUT2D eigenvalue weighted by Gasteiger charge is -2.10. The monoisotopic (exact) mass is 328 g/mol. The molecule has 0 aliphatic rings. The fourth-order valence-electron chi connectivity index (χ4n) is 2.47. The molecule has 0 fully saturated rings. The van der Waals surface area contributed by atoms with E-state index in [1.165, 1.54) is 14.2 Å². The Labute approximate surface area is 137 Å². The van der Waals surface area contributed by atoms with E-state index in [-0.39, 0.29) is 22.5 Å². The molecule has 0 aliphatic heterocycles. The van der Waals surface area contributed by atoms with Crippen molar-refractivity contribution in [2.75, 3.05) is 21.3 Å². The summed E-state index contributed by atoms with van der Waals surface area (Å²) in [4.78, 5) is 12.6. The van der Waals surface area contributed by atoms with Crippen LogP contribution in [-0.2, 0) is 0 Å². The van der Waals surface area contributed by atoms with Gasteiger partial charge in [0, 0.05) is 17.7 Å². The summed E-state index contributed by atoms with van der Waals surface area (Å²) in [6.07, 6.45) is 0. The van der Waals surface area contributed by atoms with Crippen molar-refractivity contribution < 1.29 is 23.7 Å². The molecule has 0 radical (unpaired) electrons. The second kappa shape index (κ2) is 6.16. The van der Waals surface area contributed by atoms with Crippen LogP contribution in [0.5, 0.6) is 23.0 Å². The molecule has 0 aliphatic carbocycles. The van der Waals surface area contributed by atoms with Gasteiger partial charge in [-0.1, -0.05) is 0 Å². The molecule has 6 nitrogen and oxygen atoms in total. The number of fused-ring (bicyclic) bond motifs is 1. The highest BCUT2D eigenvalue weighted by Crippen LogP contribution is 2.36. The summed E-state index contributed by atoms with van der Waals surface area (Å²) in [5.74, 6) is 1.01. The Morgan fingerprint density at radius 2 is 1.58 bits per heavy atom. The molecule has 1 heterocycles. The third kappa shape index (κ3) is 2.52. The predicted octanol–water partition coefficient (Wildman–Crippen LogP) is 3.19. The van der Waals surface area contributed by atoms with Crippen molar-refractivity contribution in [2.24, 2.45) is 0 Å². The number of aromatic hydroxyl groups is 1. The van der Waals surface area contributed by atoms with Gasteiger partial charge in [-0.25, -0.2) is 0 Å². The van der Waals surface area contributed by atoms with E-state index in [1.54, 1.807) is 43.5 Å². The summed E-state index contributed by atoms with van der Waals surface area (Å²) in [7, 11) is 4.49. The van der Waals surface area contributed by atoms with E-state index in [9.17, 15) is 9.90 Å². The largest absolute Gasteiger partial charge is 0.502 e. The van der Waals surface area contributed by atoms with Gasteiger partial charge < -0.3 is 23.7 Å². The van der Waals surface area contributed by atoms with E-state index in [1.807, 2.05) is 0 Å². The normalized spacial score (nSPS) is 10.6. The van der Waals surface area contributed by atoms with Crippen LogP contribution in [0.3, 0.4) is 0 Å². The van der Waals surface area contributed by atoms with Gasteiger partial charge in [-0.2, -0.15) is 0 Å². The fourth-order valence-corrected chi connectivity index (χ4v) is 2.47. The second-order valence-corrected chi connectivity index (χ2v) is 5.04. The van der Waals surface area contributed by atoms with Gasteiger partial charge >= 0.3 is 0 Å². The van der Waals surface area contributed by atoms with Gasteiger partial charge in [-0.3, -0.25) is 4.79 Å². The molecule has 1 N–H and O–H groups in total. The van der Waals surface area contributed by atoms with Gasteiger partial charge in [0.2, 0.25) is 11.2 Å². The Kier molecular flexibility index (Phi) is 4.04. The molecule has 0 unspecified atom stereocenters. The maximum absolute atomic E-state index is 12.6. The van der Waals surface area contributed by atoms with E-state index in [0.29, 0.717) is 17.1 Å². The molecule has 0 saturated carbocycles. The van der Waals surface area contributed by atoms with Crippen molar-refractivity contribution in [1.82, 2.24) is 0 Å². The quantitative estimate of drug-likeness (QED) is 0.792. The lowest BCUT2D eigenvalue weighted by molar-refractivity contribution is 0.394. The molecule has 3 rings (SSSR count). The van der Waals surface area contributed by atoms with Crippen molar-refractivity contribution in [3.05, 3.63) is 46.6 Å². The topological polar surface area (TPSA) is 78.1 Å². The molecule has 0 bridgehead atoms. The SMILES string of the molecule is COc1ccc(-c2oc3cc(OC)cc(OC)c3c(=O)c2O)cc1. The van der Waals surface area contributed by atoms with E-state index in [0.717, 1.165) is 0 Å². The Bertz CT molecular complexity index is 940. The van der Waals surface area contributed by atoms with Gasteiger partial charge in [-0.15, -0.1) is 0 Å². The molecule has 0 atom stereocenters. The summed E-state index contributed by atoms with van der Waals surface area (Å²) < 4.78 is 21.3. The minimum Gasteiger partial charge on any atom is -0.502 e. The number of hydrogen-bond acceptors (Lipinski definition) is 6. The molecule has 0 spiro atoms. The van der Waals surface area contributed by atoms with Crippen molar-refractivity contribution in [2.45, 2.75) is 0 Å². The smallest absolute Gasteiger partial charge is 0.238 e. The third-order valence-corrected chi connectivity index (χ3v) is 3.72. The zero-order valence-corrected chi connectivity index (χ0v) is 13.5. The molecule has 124 valence electrons. The maximum Gasteiger partial charge on any atom is 0.238 e. The number of rotatable bonds is 4. The van der Waals surface area contributed by atoms with Crippen LogP contribution >= 0.6 is 0 Å². The van der Waals surface area contributed by atoms with Gasteiger partial charge in [0.15, 0.2) is 5.76 Å². The van der Waals surface area contributed by atoms with E-state index >= 15 is 0 Å². The Morgan fingerprint density at radius 3 is 2.17 bits per heavy atom. The Morgan fingerprint density at radius 1 is 0.917 bits per heavy atom. The van der Waals surface area contributed by atoms with E-state index in [2.05, 4.69) is 0 Å². The Balaban J connectivity index is 2.29. The molecule has 2 aromatic carbocycles. The van der Waals surface area contributed by atoms with Gasteiger partial charge in [0.1, 0.15) is 28.2 Å². The van der Waals surface area contributed by atoms with Crippen molar-refractivity contribution in [3.8, 4) is 34.3 Å². The first-order valence-corrected chi connectivity index (χ1v) is 7.15. The first-order chi connectivity index (χ1) is 11.6. The average Bonchev–Trinajstić information content (AvgIpc) is 2.63. The van der Waals surface area contributed by atoms with E-state index < -0.39 is 11.2 Å². The lowest BCUT2D eigenvalue weighted by Crippen LogP contribution is -2.05. The first-order valence-electron chi connectivity index (χ1n) is 7.15.